The van der Waals surface area contributed by atoms with E-state index in [0.717, 1.165) is 11.1 Å². The first-order chi connectivity index (χ1) is 13.7. The lowest BCUT2D eigenvalue weighted by Crippen LogP contribution is -2.24. The van der Waals surface area contributed by atoms with Gasteiger partial charge in [0.05, 0.1) is 24.9 Å². The molecule has 1 aliphatic rings. The first-order valence-electron chi connectivity index (χ1n) is 9.04. The smallest absolute Gasteiger partial charge is 0.340 e. The highest BCUT2D eigenvalue weighted by atomic mass is 16.5. The number of hydrogen-bond donors (Lipinski definition) is 0. The molecule has 1 amide bonds. The van der Waals surface area contributed by atoms with Crippen LogP contribution in [0, 0.1) is 0 Å². The van der Waals surface area contributed by atoms with Crippen molar-refractivity contribution in [2.24, 2.45) is 0 Å². The van der Waals surface area contributed by atoms with E-state index < -0.39 is 5.97 Å². The number of amides is 1. The van der Waals surface area contributed by atoms with Crippen molar-refractivity contribution in [1.29, 1.82) is 0 Å². The van der Waals surface area contributed by atoms with Gasteiger partial charge in [-0.2, -0.15) is 0 Å². The van der Waals surface area contributed by atoms with Crippen LogP contribution >= 0.6 is 0 Å². The average Bonchev–Trinajstić information content (AvgIpc) is 3.02. The van der Waals surface area contributed by atoms with Crippen LogP contribution < -0.4 is 0 Å². The first-order valence-corrected chi connectivity index (χ1v) is 9.04. The molecule has 138 valence electrons. The molecule has 4 heteroatoms. The molecule has 0 bridgehead atoms. The molecule has 0 fully saturated rings. The Morgan fingerprint density at radius 1 is 0.821 bits per heavy atom. The fourth-order valence-corrected chi connectivity index (χ4v) is 3.51. The molecule has 0 saturated heterocycles. The van der Waals surface area contributed by atoms with Gasteiger partial charge in [-0.25, -0.2) is 4.79 Å². The highest BCUT2D eigenvalue weighted by molar-refractivity contribution is 6.28. The van der Waals surface area contributed by atoms with E-state index in [0.29, 0.717) is 28.9 Å². The summed E-state index contributed by atoms with van der Waals surface area (Å²) in [6, 6.07) is 26.4. The van der Waals surface area contributed by atoms with Gasteiger partial charge in [-0.05, 0) is 17.2 Å². The third-order valence-electron chi connectivity index (χ3n) is 4.80. The van der Waals surface area contributed by atoms with Gasteiger partial charge in [-0.3, -0.25) is 4.79 Å². The summed E-state index contributed by atoms with van der Waals surface area (Å²) in [4.78, 5) is 27.7. The Kier molecular flexibility index (Phi) is 4.77. The summed E-state index contributed by atoms with van der Waals surface area (Å²) in [6.45, 7) is 0.372. The third kappa shape index (κ3) is 3.09. The number of ether oxygens (including phenoxy) is 1. The first kappa shape index (κ1) is 17.7. The minimum atomic E-state index is -0.469. The van der Waals surface area contributed by atoms with Crippen LogP contribution in [0.3, 0.4) is 0 Å². The topological polar surface area (TPSA) is 46.6 Å². The minimum absolute atomic E-state index is 0.119. The quantitative estimate of drug-likeness (QED) is 0.506. The summed E-state index contributed by atoms with van der Waals surface area (Å²) in [6.07, 6.45) is 0. The second-order valence-corrected chi connectivity index (χ2v) is 6.50. The number of nitrogens with zero attached hydrogens (tertiary/aromatic N) is 1. The summed E-state index contributed by atoms with van der Waals surface area (Å²) in [5, 5.41) is 0. The van der Waals surface area contributed by atoms with Gasteiger partial charge in [0.15, 0.2) is 0 Å². The lowest BCUT2D eigenvalue weighted by molar-refractivity contribution is -0.133. The van der Waals surface area contributed by atoms with E-state index in [4.69, 9.17) is 4.74 Å². The normalized spacial score (nSPS) is 14.6. The van der Waals surface area contributed by atoms with Crippen molar-refractivity contribution in [3.63, 3.8) is 0 Å². The predicted molar refractivity (Wildman–Crippen MR) is 108 cm³/mol. The molecule has 0 aliphatic carbocycles. The highest BCUT2D eigenvalue weighted by Gasteiger charge is 2.36. The van der Waals surface area contributed by atoms with Crippen molar-refractivity contribution < 1.29 is 14.3 Å². The number of esters is 1. The number of rotatable bonds is 4. The maximum Gasteiger partial charge on any atom is 0.340 e. The Hall–Kier alpha value is -3.66. The summed E-state index contributed by atoms with van der Waals surface area (Å²) >= 11 is 0. The van der Waals surface area contributed by atoms with Crippen LogP contribution in [0.1, 0.15) is 27.0 Å². The SMILES string of the molecule is COC(=O)/C(=C1\c2ccccc2C(=O)N1Cc1ccccc1)c1ccccc1. The zero-order valence-electron chi connectivity index (χ0n) is 15.5. The predicted octanol–water partition coefficient (Wildman–Crippen LogP) is 4.38. The number of methoxy groups -OCH3 is 1. The lowest BCUT2D eigenvalue weighted by Gasteiger charge is -2.22. The number of carbonyl (C=O) groups excluding carboxylic acids is 2. The van der Waals surface area contributed by atoms with E-state index in [1.165, 1.54) is 7.11 Å². The van der Waals surface area contributed by atoms with Crippen LogP contribution in [0.4, 0.5) is 0 Å². The van der Waals surface area contributed by atoms with Gasteiger partial charge in [0, 0.05) is 11.1 Å². The maximum atomic E-state index is 13.2. The van der Waals surface area contributed by atoms with Crippen molar-refractivity contribution in [1.82, 2.24) is 4.90 Å². The van der Waals surface area contributed by atoms with Crippen LogP contribution in [-0.2, 0) is 16.1 Å². The second-order valence-electron chi connectivity index (χ2n) is 6.50. The van der Waals surface area contributed by atoms with Crippen LogP contribution in [0.25, 0.3) is 11.3 Å². The third-order valence-corrected chi connectivity index (χ3v) is 4.80. The van der Waals surface area contributed by atoms with Gasteiger partial charge < -0.3 is 9.64 Å². The van der Waals surface area contributed by atoms with Gasteiger partial charge >= 0.3 is 5.97 Å². The summed E-state index contributed by atoms with van der Waals surface area (Å²) in [7, 11) is 1.36. The lowest BCUT2D eigenvalue weighted by atomic mass is 9.98. The molecule has 0 saturated carbocycles. The fraction of sp³-hybridized carbons (Fsp3) is 0.0833. The number of fused-ring (bicyclic) bond motifs is 1. The van der Waals surface area contributed by atoms with Crippen molar-refractivity contribution in [2.75, 3.05) is 7.11 Å². The molecule has 0 radical (unpaired) electrons. The Bertz CT molecular complexity index is 1060. The van der Waals surface area contributed by atoms with E-state index in [2.05, 4.69) is 0 Å². The van der Waals surface area contributed by atoms with Gasteiger partial charge in [0.25, 0.3) is 5.91 Å². The highest BCUT2D eigenvalue weighted by Crippen LogP contribution is 2.39. The molecule has 3 aromatic rings. The van der Waals surface area contributed by atoms with Crippen LogP contribution in [-0.4, -0.2) is 23.9 Å². The number of benzene rings is 3. The molecule has 0 unspecified atom stereocenters. The minimum Gasteiger partial charge on any atom is -0.465 e. The molecule has 0 aromatic heterocycles. The van der Waals surface area contributed by atoms with E-state index in [1.54, 1.807) is 11.0 Å². The van der Waals surface area contributed by atoms with Crippen LogP contribution in [0.2, 0.25) is 0 Å². The van der Waals surface area contributed by atoms with Crippen LogP contribution in [0.15, 0.2) is 84.9 Å². The molecule has 28 heavy (non-hydrogen) atoms. The Balaban J connectivity index is 1.96. The number of carbonyl (C=O) groups is 2. The summed E-state index contributed by atoms with van der Waals surface area (Å²) in [5.41, 5.74) is 4.00. The Morgan fingerprint density at radius 3 is 2.04 bits per heavy atom. The monoisotopic (exact) mass is 369 g/mol. The molecule has 3 aromatic carbocycles. The second kappa shape index (κ2) is 7.53. The molecular formula is C24H19NO3. The van der Waals surface area contributed by atoms with Gasteiger partial charge in [0.2, 0.25) is 0 Å². The fourth-order valence-electron chi connectivity index (χ4n) is 3.51. The molecule has 1 heterocycles. The maximum absolute atomic E-state index is 13.2. The largest absolute Gasteiger partial charge is 0.465 e. The zero-order chi connectivity index (χ0) is 19.5. The van der Waals surface area contributed by atoms with Gasteiger partial charge in [-0.15, -0.1) is 0 Å². The van der Waals surface area contributed by atoms with E-state index in [-0.39, 0.29) is 5.91 Å². The Morgan fingerprint density at radius 2 is 1.39 bits per heavy atom. The summed E-state index contributed by atoms with van der Waals surface area (Å²) < 4.78 is 5.09. The number of hydrogen-bond acceptors (Lipinski definition) is 3. The molecule has 0 N–H and O–H groups in total. The van der Waals surface area contributed by atoms with E-state index >= 15 is 0 Å². The van der Waals surface area contributed by atoms with Crippen molar-refractivity contribution in [3.8, 4) is 0 Å². The zero-order valence-corrected chi connectivity index (χ0v) is 15.5. The van der Waals surface area contributed by atoms with Crippen molar-refractivity contribution in [3.05, 3.63) is 107 Å². The molecule has 4 rings (SSSR count). The summed E-state index contributed by atoms with van der Waals surface area (Å²) in [5.74, 6) is -0.587. The molecule has 0 atom stereocenters. The Labute approximate surface area is 163 Å². The van der Waals surface area contributed by atoms with E-state index in [9.17, 15) is 9.59 Å². The molecular weight excluding hydrogens is 350 g/mol. The average molecular weight is 369 g/mol. The molecule has 1 aliphatic heterocycles. The van der Waals surface area contributed by atoms with Gasteiger partial charge in [-0.1, -0.05) is 78.9 Å². The van der Waals surface area contributed by atoms with Gasteiger partial charge in [0.1, 0.15) is 0 Å². The van der Waals surface area contributed by atoms with Crippen LogP contribution in [0.5, 0.6) is 0 Å². The van der Waals surface area contributed by atoms with Crippen molar-refractivity contribution >= 4 is 23.1 Å². The molecule has 0 spiro atoms. The molecule has 4 nitrogen and oxygen atoms in total. The van der Waals surface area contributed by atoms with E-state index in [1.807, 2.05) is 78.9 Å². The van der Waals surface area contributed by atoms with Crippen molar-refractivity contribution in [2.45, 2.75) is 6.54 Å². The standard InChI is InChI=1S/C24H19NO3/c1-28-24(27)21(18-12-6-3-7-13-18)22-19-14-8-9-15-20(19)23(26)25(22)16-17-10-4-2-5-11-17/h2-15H,16H2,1H3/b22-21+.